The summed E-state index contributed by atoms with van der Waals surface area (Å²) in [7, 11) is 0. The number of aromatic nitrogens is 1. The van der Waals surface area contributed by atoms with Crippen LogP contribution in [-0.2, 0) is 0 Å². The molecule has 102 valence electrons. The third kappa shape index (κ3) is 4.30. The Bertz CT molecular complexity index is 350. The lowest BCUT2D eigenvalue weighted by Crippen LogP contribution is -2.32. The number of aliphatic hydroxyl groups excluding tert-OH is 1. The molecule has 0 saturated heterocycles. The van der Waals surface area contributed by atoms with Gasteiger partial charge in [0.1, 0.15) is 5.82 Å². The van der Waals surface area contributed by atoms with Gasteiger partial charge in [-0.05, 0) is 44.9 Å². The first-order chi connectivity index (χ1) is 8.56. The standard InChI is InChI=1S/C15H26N2O/c1-5-6-7-10-17(12(2)3)15-11-14(13(4)18)8-9-16-15/h8-9,11-13,18H,5-7,10H2,1-4H3/t13-/m1/s1. The Balaban J connectivity index is 2.81. The quantitative estimate of drug-likeness (QED) is 0.752. The highest BCUT2D eigenvalue weighted by Crippen LogP contribution is 2.20. The van der Waals surface area contributed by atoms with E-state index in [-0.39, 0.29) is 0 Å². The van der Waals surface area contributed by atoms with E-state index in [1.54, 1.807) is 13.1 Å². The third-order valence-corrected chi connectivity index (χ3v) is 3.17. The van der Waals surface area contributed by atoms with E-state index in [9.17, 15) is 5.11 Å². The predicted octanol–water partition coefficient (Wildman–Crippen LogP) is 3.54. The molecule has 1 aromatic heterocycles. The molecule has 18 heavy (non-hydrogen) atoms. The molecular formula is C15H26N2O. The molecule has 0 spiro atoms. The summed E-state index contributed by atoms with van der Waals surface area (Å²) in [5.74, 6) is 0.972. The second-order valence-electron chi connectivity index (χ2n) is 5.12. The van der Waals surface area contributed by atoms with Crippen LogP contribution < -0.4 is 4.90 Å². The lowest BCUT2D eigenvalue weighted by molar-refractivity contribution is 0.199. The van der Waals surface area contributed by atoms with Gasteiger partial charge in [-0.15, -0.1) is 0 Å². The minimum atomic E-state index is -0.434. The lowest BCUT2D eigenvalue weighted by atomic mass is 10.1. The highest BCUT2D eigenvalue weighted by Gasteiger charge is 2.12. The molecule has 0 amide bonds. The van der Waals surface area contributed by atoms with Crippen LogP contribution in [0, 0.1) is 0 Å². The van der Waals surface area contributed by atoms with Gasteiger partial charge in [-0.3, -0.25) is 0 Å². The summed E-state index contributed by atoms with van der Waals surface area (Å²) in [6.45, 7) is 9.40. The minimum absolute atomic E-state index is 0.429. The van der Waals surface area contributed by atoms with Crippen LogP contribution in [0.1, 0.15) is 58.6 Å². The van der Waals surface area contributed by atoms with Crippen LogP contribution in [-0.4, -0.2) is 22.7 Å². The number of nitrogens with zero attached hydrogens (tertiary/aromatic N) is 2. The van der Waals surface area contributed by atoms with E-state index in [2.05, 4.69) is 30.7 Å². The fourth-order valence-electron chi connectivity index (χ4n) is 2.02. The Kier molecular flexibility index (Phi) is 6.13. The molecule has 0 aliphatic heterocycles. The number of rotatable bonds is 7. The molecule has 0 saturated carbocycles. The van der Waals surface area contributed by atoms with Gasteiger partial charge in [0.15, 0.2) is 0 Å². The molecule has 0 aliphatic rings. The fourth-order valence-corrected chi connectivity index (χ4v) is 2.02. The van der Waals surface area contributed by atoms with Crippen molar-refractivity contribution in [2.45, 2.75) is 59.1 Å². The maximum Gasteiger partial charge on any atom is 0.129 e. The van der Waals surface area contributed by atoms with Crippen molar-refractivity contribution in [3.05, 3.63) is 23.9 Å². The Morgan fingerprint density at radius 3 is 2.56 bits per heavy atom. The van der Waals surface area contributed by atoms with Crippen molar-refractivity contribution < 1.29 is 5.11 Å². The van der Waals surface area contributed by atoms with E-state index in [1.807, 2.05) is 12.1 Å². The van der Waals surface area contributed by atoms with E-state index in [4.69, 9.17) is 0 Å². The van der Waals surface area contributed by atoms with Gasteiger partial charge in [-0.2, -0.15) is 0 Å². The molecule has 1 aromatic rings. The summed E-state index contributed by atoms with van der Waals surface area (Å²) in [5.41, 5.74) is 0.932. The van der Waals surface area contributed by atoms with Crippen LogP contribution in [0.5, 0.6) is 0 Å². The topological polar surface area (TPSA) is 36.4 Å². The van der Waals surface area contributed by atoms with Gasteiger partial charge < -0.3 is 10.0 Å². The van der Waals surface area contributed by atoms with Crippen molar-refractivity contribution in [2.24, 2.45) is 0 Å². The van der Waals surface area contributed by atoms with Crippen LogP contribution in [0.15, 0.2) is 18.3 Å². The molecule has 0 aliphatic carbocycles. The molecule has 0 unspecified atom stereocenters. The number of anilines is 1. The zero-order valence-electron chi connectivity index (χ0n) is 12.1. The van der Waals surface area contributed by atoms with Crippen LogP contribution in [0.4, 0.5) is 5.82 Å². The molecule has 0 bridgehead atoms. The van der Waals surface area contributed by atoms with Crippen molar-refractivity contribution in [1.82, 2.24) is 4.98 Å². The van der Waals surface area contributed by atoms with E-state index < -0.39 is 6.10 Å². The highest BCUT2D eigenvalue weighted by atomic mass is 16.3. The summed E-state index contributed by atoms with van der Waals surface area (Å²) >= 11 is 0. The summed E-state index contributed by atoms with van der Waals surface area (Å²) < 4.78 is 0. The normalized spacial score (nSPS) is 12.8. The van der Waals surface area contributed by atoms with Crippen molar-refractivity contribution in [3.8, 4) is 0 Å². The first-order valence-corrected chi connectivity index (χ1v) is 6.97. The molecule has 3 heteroatoms. The van der Waals surface area contributed by atoms with Gasteiger partial charge >= 0.3 is 0 Å². The summed E-state index contributed by atoms with van der Waals surface area (Å²) in [4.78, 5) is 6.74. The molecule has 0 radical (unpaired) electrons. The molecule has 1 atom stereocenters. The molecule has 0 fully saturated rings. The molecule has 1 N–H and O–H groups in total. The smallest absolute Gasteiger partial charge is 0.129 e. The van der Waals surface area contributed by atoms with Gasteiger partial charge in [0.25, 0.3) is 0 Å². The first-order valence-electron chi connectivity index (χ1n) is 6.97. The fraction of sp³-hybridized carbons (Fsp3) is 0.667. The zero-order valence-corrected chi connectivity index (χ0v) is 12.1. The van der Waals surface area contributed by atoms with E-state index in [0.717, 1.165) is 17.9 Å². The number of aliphatic hydroxyl groups is 1. The Labute approximate surface area is 111 Å². The average molecular weight is 250 g/mol. The van der Waals surface area contributed by atoms with Crippen molar-refractivity contribution >= 4 is 5.82 Å². The lowest BCUT2D eigenvalue weighted by Gasteiger charge is -2.28. The Hall–Kier alpha value is -1.09. The largest absolute Gasteiger partial charge is 0.389 e. The van der Waals surface area contributed by atoms with E-state index >= 15 is 0 Å². The van der Waals surface area contributed by atoms with Gasteiger partial charge in [-0.1, -0.05) is 19.8 Å². The van der Waals surface area contributed by atoms with Crippen molar-refractivity contribution in [2.75, 3.05) is 11.4 Å². The predicted molar refractivity (Wildman–Crippen MR) is 76.9 cm³/mol. The number of pyridine rings is 1. The van der Waals surface area contributed by atoms with Crippen LogP contribution in [0.2, 0.25) is 0 Å². The maximum atomic E-state index is 9.64. The van der Waals surface area contributed by atoms with Gasteiger partial charge in [0, 0.05) is 18.8 Å². The number of hydrogen-bond acceptors (Lipinski definition) is 3. The maximum absolute atomic E-state index is 9.64. The average Bonchev–Trinajstić information content (AvgIpc) is 2.34. The number of hydrogen-bond donors (Lipinski definition) is 1. The Morgan fingerprint density at radius 2 is 2.00 bits per heavy atom. The van der Waals surface area contributed by atoms with Crippen LogP contribution in [0.25, 0.3) is 0 Å². The summed E-state index contributed by atoms with van der Waals surface area (Å²) in [5, 5.41) is 9.64. The Morgan fingerprint density at radius 1 is 1.28 bits per heavy atom. The van der Waals surface area contributed by atoms with Crippen LogP contribution >= 0.6 is 0 Å². The minimum Gasteiger partial charge on any atom is -0.389 e. The van der Waals surface area contributed by atoms with Crippen molar-refractivity contribution in [3.63, 3.8) is 0 Å². The number of unbranched alkanes of at least 4 members (excludes halogenated alkanes) is 2. The van der Waals surface area contributed by atoms with Gasteiger partial charge in [0.05, 0.1) is 6.10 Å². The highest BCUT2D eigenvalue weighted by molar-refractivity contribution is 5.42. The second-order valence-corrected chi connectivity index (χ2v) is 5.12. The first kappa shape index (κ1) is 15.0. The third-order valence-electron chi connectivity index (χ3n) is 3.17. The van der Waals surface area contributed by atoms with Gasteiger partial charge in [-0.25, -0.2) is 4.98 Å². The van der Waals surface area contributed by atoms with Crippen LogP contribution in [0.3, 0.4) is 0 Å². The summed E-state index contributed by atoms with van der Waals surface area (Å²) in [6, 6.07) is 4.30. The molecule has 0 aromatic carbocycles. The van der Waals surface area contributed by atoms with Gasteiger partial charge in [0.2, 0.25) is 0 Å². The molecular weight excluding hydrogens is 224 g/mol. The molecule has 3 nitrogen and oxygen atoms in total. The van der Waals surface area contributed by atoms with E-state index in [0.29, 0.717) is 6.04 Å². The second kappa shape index (κ2) is 7.37. The molecule has 1 heterocycles. The SMILES string of the molecule is CCCCCN(c1cc([C@@H](C)O)ccn1)C(C)C. The molecule has 1 rings (SSSR count). The van der Waals surface area contributed by atoms with E-state index in [1.165, 1.54) is 19.3 Å². The monoisotopic (exact) mass is 250 g/mol. The van der Waals surface area contributed by atoms with Crippen molar-refractivity contribution in [1.29, 1.82) is 0 Å². The summed E-state index contributed by atoms with van der Waals surface area (Å²) in [6.07, 6.45) is 5.02. The zero-order chi connectivity index (χ0) is 13.5.